The molecule has 4 rings (SSSR count). The molecule has 1 aromatic rings. The zero-order valence-electron chi connectivity index (χ0n) is 7.09. The lowest BCUT2D eigenvalue weighted by atomic mass is 9.42. The van der Waals surface area contributed by atoms with Crippen molar-refractivity contribution in [3.8, 4) is 0 Å². The molecule has 1 heteroatoms. The van der Waals surface area contributed by atoms with Crippen molar-refractivity contribution in [3.63, 3.8) is 0 Å². The predicted octanol–water partition coefficient (Wildman–Crippen LogP) is 2.32. The number of benzene rings is 1. The van der Waals surface area contributed by atoms with E-state index in [2.05, 4.69) is 12.1 Å². The van der Waals surface area contributed by atoms with Gasteiger partial charge in [-0.1, -0.05) is 12.1 Å². The van der Waals surface area contributed by atoms with Crippen LogP contribution in [0.1, 0.15) is 24.8 Å². The van der Waals surface area contributed by atoms with E-state index >= 15 is 0 Å². The third-order valence-electron chi connectivity index (χ3n) is 3.56. The van der Waals surface area contributed by atoms with E-state index in [0.717, 1.165) is 11.6 Å². The summed E-state index contributed by atoms with van der Waals surface area (Å²) in [6, 6.07) is 8.45. The van der Waals surface area contributed by atoms with Crippen LogP contribution >= 0.6 is 0 Å². The van der Waals surface area contributed by atoms with E-state index in [1.807, 2.05) is 12.1 Å². The van der Waals surface area contributed by atoms with Gasteiger partial charge in [0.15, 0.2) is 0 Å². The highest BCUT2D eigenvalue weighted by atomic mass is 14.6. The first-order valence-corrected chi connectivity index (χ1v) is 4.65. The molecule has 0 radical (unpaired) electrons. The molecule has 3 saturated carbocycles. The van der Waals surface area contributed by atoms with Gasteiger partial charge in [-0.05, 0) is 48.3 Å². The number of nitrogens with two attached hydrogens (primary N) is 1. The van der Waals surface area contributed by atoms with Gasteiger partial charge in [0, 0.05) is 5.69 Å². The Balaban J connectivity index is 1.96. The van der Waals surface area contributed by atoms with Crippen molar-refractivity contribution in [1.82, 2.24) is 0 Å². The summed E-state index contributed by atoms with van der Waals surface area (Å²) >= 11 is 0. The van der Waals surface area contributed by atoms with Gasteiger partial charge >= 0.3 is 0 Å². The lowest BCUT2D eigenvalue weighted by Gasteiger charge is -2.62. The van der Waals surface area contributed by atoms with Crippen LogP contribution in [-0.2, 0) is 5.41 Å². The second-order valence-electron chi connectivity index (χ2n) is 4.38. The number of hydrogen-bond acceptors (Lipinski definition) is 1. The highest BCUT2D eigenvalue weighted by molar-refractivity contribution is 5.44. The van der Waals surface area contributed by atoms with Gasteiger partial charge in [0.25, 0.3) is 0 Å². The average molecular weight is 159 g/mol. The lowest BCUT2D eigenvalue weighted by Crippen LogP contribution is -2.55. The molecular formula is C11H13N. The van der Waals surface area contributed by atoms with Gasteiger partial charge in [0.1, 0.15) is 0 Å². The molecule has 3 aliphatic rings. The van der Waals surface area contributed by atoms with Gasteiger partial charge in [-0.15, -0.1) is 0 Å². The van der Waals surface area contributed by atoms with Crippen LogP contribution < -0.4 is 5.73 Å². The van der Waals surface area contributed by atoms with E-state index in [1.54, 1.807) is 0 Å². The fourth-order valence-electron chi connectivity index (χ4n) is 2.67. The SMILES string of the molecule is Nc1ccc(C23CC(C2)C3)cc1. The second kappa shape index (κ2) is 1.85. The second-order valence-corrected chi connectivity index (χ2v) is 4.38. The maximum absolute atomic E-state index is 5.64. The van der Waals surface area contributed by atoms with Crippen molar-refractivity contribution in [2.24, 2.45) is 5.92 Å². The van der Waals surface area contributed by atoms with Crippen LogP contribution in [0.4, 0.5) is 5.69 Å². The standard InChI is InChI=1S/C11H13N/c12-10-3-1-9(2-4-10)11-5-8(6-11)7-11/h1-4,8H,5-7,12H2. The molecule has 0 aliphatic heterocycles. The van der Waals surface area contributed by atoms with Crippen LogP contribution in [0, 0.1) is 5.92 Å². The molecule has 0 heterocycles. The zero-order valence-corrected chi connectivity index (χ0v) is 7.09. The van der Waals surface area contributed by atoms with Crippen LogP contribution in [0.25, 0.3) is 0 Å². The summed E-state index contributed by atoms with van der Waals surface area (Å²) in [4.78, 5) is 0. The molecule has 0 spiro atoms. The Morgan fingerprint density at radius 1 is 1.08 bits per heavy atom. The fourth-order valence-corrected chi connectivity index (χ4v) is 2.67. The summed E-state index contributed by atoms with van der Waals surface area (Å²) in [6.45, 7) is 0. The van der Waals surface area contributed by atoms with Crippen LogP contribution in [-0.4, -0.2) is 0 Å². The van der Waals surface area contributed by atoms with Crippen LogP contribution in [0.5, 0.6) is 0 Å². The summed E-state index contributed by atoms with van der Waals surface area (Å²) in [5.74, 6) is 1.06. The van der Waals surface area contributed by atoms with Gasteiger partial charge in [-0.2, -0.15) is 0 Å². The molecule has 2 N–H and O–H groups in total. The molecule has 0 aromatic heterocycles. The minimum Gasteiger partial charge on any atom is -0.399 e. The molecule has 12 heavy (non-hydrogen) atoms. The molecule has 62 valence electrons. The molecule has 0 amide bonds. The summed E-state index contributed by atoms with van der Waals surface area (Å²) in [6.07, 6.45) is 4.28. The highest BCUT2D eigenvalue weighted by Gasteiger charge is 2.57. The van der Waals surface area contributed by atoms with Gasteiger partial charge in [0.05, 0.1) is 0 Å². The highest BCUT2D eigenvalue weighted by Crippen LogP contribution is 2.65. The van der Waals surface area contributed by atoms with Crippen molar-refractivity contribution < 1.29 is 0 Å². The number of nitrogen functional groups attached to an aromatic ring is 1. The quantitative estimate of drug-likeness (QED) is 0.625. The number of anilines is 1. The Kier molecular flexibility index (Phi) is 1.00. The smallest absolute Gasteiger partial charge is 0.0314 e. The van der Waals surface area contributed by atoms with E-state index in [0.29, 0.717) is 5.41 Å². The average Bonchev–Trinajstić information content (AvgIpc) is 1.87. The molecule has 1 nitrogen and oxygen atoms in total. The largest absolute Gasteiger partial charge is 0.399 e. The van der Waals surface area contributed by atoms with Crippen molar-refractivity contribution in [3.05, 3.63) is 29.8 Å². The topological polar surface area (TPSA) is 26.0 Å². The molecule has 0 atom stereocenters. The Hall–Kier alpha value is -0.980. The maximum atomic E-state index is 5.64. The first-order valence-electron chi connectivity index (χ1n) is 4.65. The molecule has 1 aromatic carbocycles. The molecular weight excluding hydrogens is 146 g/mol. The lowest BCUT2D eigenvalue weighted by molar-refractivity contribution is -0.0273. The summed E-state index contributed by atoms with van der Waals surface area (Å²) in [5.41, 5.74) is 8.63. The zero-order chi connectivity index (χ0) is 8.18. The Morgan fingerprint density at radius 2 is 1.67 bits per heavy atom. The van der Waals surface area contributed by atoms with Crippen LogP contribution in [0.2, 0.25) is 0 Å². The Bertz CT molecular complexity index is 295. The summed E-state index contributed by atoms with van der Waals surface area (Å²) in [5, 5.41) is 0. The third kappa shape index (κ3) is 0.644. The molecule has 3 aliphatic carbocycles. The number of hydrogen-bond donors (Lipinski definition) is 1. The molecule has 0 saturated heterocycles. The van der Waals surface area contributed by atoms with Gasteiger partial charge in [-0.25, -0.2) is 0 Å². The number of rotatable bonds is 1. The normalized spacial score (nSPS) is 36.8. The Morgan fingerprint density at radius 3 is 2.08 bits per heavy atom. The first kappa shape index (κ1) is 6.53. The van der Waals surface area contributed by atoms with Crippen molar-refractivity contribution >= 4 is 5.69 Å². The monoisotopic (exact) mass is 159 g/mol. The van der Waals surface area contributed by atoms with Crippen LogP contribution in [0.3, 0.4) is 0 Å². The van der Waals surface area contributed by atoms with E-state index < -0.39 is 0 Å². The molecule has 2 bridgehead atoms. The Labute approximate surface area is 72.6 Å². The van der Waals surface area contributed by atoms with Crippen molar-refractivity contribution in [1.29, 1.82) is 0 Å². The van der Waals surface area contributed by atoms with E-state index in [1.165, 1.54) is 24.8 Å². The van der Waals surface area contributed by atoms with Gasteiger partial charge in [0.2, 0.25) is 0 Å². The molecule has 0 unspecified atom stereocenters. The summed E-state index contributed by atoms with van der Waals surface area (Å²) in [7, 11) is 0. The van der Waals surface area contributed by atoms with Crippen LogP contribution in [0.15, 0.2) is 24.3 Å². The first-order chi connectivity index (χ1) is 5.78. The third-order valence-corrected chi connectivity index (χ3v) is 3.56. The predicted molar refractivity (Wildman–Crippen MR) is 49.9 cm³/mol. The minimum atomic E-state index is 0.596. The maximum Gasteiger partial charge on any atom is 0.0314 e. The minimum absolute atomic E-state index is 0.596. The van der Waals surface area contributed by atoms with E-state index in [4.69, 9.17) is 5.73 Å². The summed E-state index contributed by atoms with van der Waals surface area (Å²) < 4.78 is 0. The van der Waals surface area contributed by atoms with Crippen molar-refractivity contribution in [2.75, 3.05) is 5.73 Å². The fraction of sp³-hybridized carbons (Fsp3) is 0.455. The van der Waals surface area contributed by atoms with Gasteiger partial charge in [-0.3, -0.25) is 0 Å². The van der Waals surface area contributed by atoms with E-state index in [-0.39, 0.29) is 0 Å². The molecule has 3 fully saturated rings. The van der Waals surface area contributed by atoms with Crippen molar-refractivity contribution in [2.45, 2.75) is 24.7 Å². The van der Waals surface area contributed by atoms with E-state index in [9.17, 15) is 0 Å². The van der Waals surface area contributed by atoms with Gasteiger partial charge < -0.3 is 5.73 Å².